The first-order valence-corrected chi connectivity index (χ1v) is 6.60. The quantitative estimate of drug-likeness (QED) is 0.881. The summed E-state index contributed by atoms with van der Waals surface area (Å²) < 4.78 is 5.48. The van der Waals surface area contributed by atoms with Crippen molar-refractivity contribution in [3.8, 4) is 0 Å². The van der Waals surface area contributed by atoms with E-state index >= 15 is 0 Å². The zero-order chi connectivity index (χ0) is 11.7. The lowest BCUT2D eigenvalue weighted by atomic mass is 9.97. The minimum absolute atomic E-state index is 0.277. The molecule has 0 amide bonds. The normalized spacial score (nSPS) is 27.2. The Hall–Kier alpha value is -0.450. The number of aromatic nitrogens is 1. The van der Waals surface area contributed by atoms with Crippen molar-refractivity contribution in [3.05, 3.63) is 15.6 Å². The number of rotatable bonds is 3. The number of aliphatic hydroxyl groups excluding tert-OH is 1. The Kier molecular flexibility index (Phi) is 3.62. The van der Waals surface area contributed by atoms with E-state index in [-0.39, 0.29) is 12.0 Å². The van der Waals surface area contributed by atoms with Gasteiger partial charge in [0.2, 0.25) is 0 Å². The maximum atomic E-state index is 10.1. The lowest BCUT2D eigenvalue weighted by molar-refractivity contribution is 0.0806. The van der Waals surface area contributed by atoms with Crippen molar-refractivity contribution in [2.45, 2.75) is 45.8 Å². The summed E-state index contributed by atoms with van der Waals surface area (Å²) in [7, 11) is 0. The molecule has 0 aromatic carbocycles. The van der Waals surface area contributed by atoms with Crippen LogP contribution in [0.15, 0.2) is 0 Å². The average Bonchev–Trinajstić information content (AvgIpc) is 2.75. The van der Waals surface area contributed by atoms with Crippen LogP contribution in [0.5, 0.6) is 0 Å². The first-order valence-electron chi connectivity index (χ1n) is 5.79. The molecule has 0 radical (unpaired) electrons. The molecule has 0 bridgehead atoms. The van der Waals surface area contributed by atoms with Crippen molar-refractivity contribution >= 4 is 11.3 Å². The van der Waals surface area contributed by atoms with Crippen molar-refractivity contribution in [1.82, 2.24) is 4.98 Å². The molecule has 90 valence electrons. The van der Waals surface area contributed by atoms with E-state index in [0.717, 1.165) is 17.1 Å². The third kappa shape index (κ3) is 2.62. The number of hydrogen-bond acceptors (Lipinski definition) is 4. The summed E-state index contributed by atoms with van der Waals surface area (Å²) in [6, 6.07) is 0. The van der Waals surface area contributed by atoms with E-state index in [4.69, 9.17) is 4.74 Å². The number of aliphatic hydroxyl groups is 1. The third-order valence-electron chi connectivity index (χ3n) is 3.23. The van der Waals surface area contributed by atoms with Crippen molar-refractivity contribution < 1.29 is 9.84 Å². The van der Waals surface area contributed by atoms with E-state index < -0.39 is 0 Å². The Morgan fingerprint density at radius 3 is 2.81 bits per heavy atom. The molecule has 3 unspecified atom stereocenters. The minimum Gasteiger partial charge on any atom is -0.392 e. The number of thiazole rings is 1. The standard InChI is InChI=1S/C12H19NO2S/c1-7-4-10(6-15-7)11(14)5-12-13-8(2)9(3)16-12/h7,10-11,14H,4-6H2,1-3H3. The zero-order valence-electron chi connectivity index (χ0n) is 10.1. The predicted molar refractivity (Wildman–Crippen MR) is 64.8 cm³/mol. The second kappa shape index (κ2) is 4.82. The summed E-state index contributed by atoms with van der Waals surface area (Å²) in [6.45, 7) is 6.84. The molecule has 2 rings (SSSR count). The fourth-order valence-corrected chi connectivity index (χ4v) is 3.07. The highest BCUT2D eigenvalue weighted by atomic mass is 32.1. The molecular weight excluding hydrogens is 222 g/mol. The van der Waals surface area contributed by atoms with E-state index in [2.05, 4.69) is 18.8 Å². The van der Waals surface area contributed by atoms with Crippen molar-refractivity contribution in [2.75, 3.05) is 6.61 Å². The molecule has 1 N–H and O–H groups in total. The zero-order valence-corrected chi connectivity index (χ0v) is 10.9. The number of nitrogens with zero attached hydrogens (tertiary/aromatic N) is 1. The smallest absolute Gasteiger partial charge is 0.0956 e. The molecule has 16 heavy (non-hydrogen) atoms. The molecular formula is C12H19NO2S. The van der Waals surface area contributed by atoms with Gasteiger partial charge in [0.1, 0.15) is 0 Å². The van der Waals surface area contributed by atoms with Gasteiger partial charge in [0.15, 0.2) is 0 Å². The van der Waals surface area contributed by atoms with Crippen molar-refractivity contribution in [1.29, 1.82) is 0 Å². The largest absolute Gasteiger partial charge is 0.392 e. The molecule has 1 aliphatic rings. The summed E-state index contributed by atoms with van der Waals surface area (Å²) in [5.41, 5.74) is 1.09. The van der Waals surface area contributed by atoms with Crippen molar-refractivity contribution in [3.63, 3.8) is 0 Å². The molecule has 1 aliphatic heterocycles. The van der Waals surface area contributed by atoms with E-state index in [0.29, 0.717) is 19.1 Å². The van der Waals surface area contributed by atoms with Gasteiger partial charge in [-0.25, -0.2) is 4.98 Å². The molecule has 1 aromatic heterocycles. The van der Waals surface area contributed by atoms with E-state index in [1.807, 2.05) is 6.92 Å². The average molecular weight is 241 g/mol. The maximum Gasteiger partial charge on any atom is 0.0956 e. The van der Waals surface area contributed by atoms with Crippen LogP contribution in [0.25, 0.3) is 0 Å². The Labute approximate surface area is 100 Å². The lowest BCUT2D eigenvalue weighted by Gasteiger charge is -2.14. The first kappa shape index (κ1) is 12.0. The molecule has 3 nitrogen and oxygen atoms in total. The van der Waals surface area contributed by atoms with E-state index in [1.54, 1.807) is 11.3 Å². The second-order valence-corrected chi connectivity index (χ2v) is 5.95. The first-order chi connectivity index (χ1) is 7.56. The van der Waals surface area contributed by atoms with Crippen LogP contribution in [0.4, 0.5) is 0 Å². The SMILES string of the molecule is Cc1nc(CC(O)C2COC(C)C2)sc1C. The molecule has 0 saturated carbocycles. The third-order valence-corrected chi connectivity index (χ3v) is 4.33. The fraction of sp³-hybridized carbons (Fsp3) is 0.750. The Balaban J connectivity index is 1.94. The molecule has 3 atom stereocenters. The van der Waals surface area contributed by atoms with Gasteiger partial charge in [-0.2, -0.15) is 0 Å². The highest BCUT2D eigenvalue weighted by molar-refractivity contribution is 7.11. The molecule has 1 aromatic rings. The minimum atomic E-state index is -0.310. The van der Waals surface area contributed by atoms with Crippen LogP contribution >= 0.6 is 11.3 Å². The van der Waals surface area contributed by atoms with E-state index in [1.165, 1.54) is 4.88 Å². The monoisotopic (exact) mass is 241 g/mol. The molecule has 2 heterocycles. The van der Waals surface area contributed by atoms with Crippen molar-refractivity contribution in [2.24, 2.45) is 5.92 Å². The van der Waals surface area contributed by atoms with Gasteiger partial charge in [-0.3, -0.25) is 0 Å². The summed E-state index contributed by atoms with van der Waals surface area (Å²) >= 11 is 1.69. The van der Waals surface area contributed by atoms with Crippen LogP contribution in [0.1, 0.15) is 28.9 Å². The van der Waals surface area contributed by atoms with Gasteiger partial charge in [0.05, 0.1) is 29.5 Å². The van der Waals surface area contributed by atoms with Crippen LogP contribution < -0.4 is 0 Å². The highest BCUT2D eigenvalue weighted by Gasteiger charge is 2.29. The summed E-state index contributed by atoms with van der Waals surface area (Å²) in [6.07, 6.45) is 1.61. The Morgan fingerprint density at radius 2 is 2.31 bits per heavy atom. The predicted octanol–water partition coefficient (Wildman–Crippen LogP) is 2.09. The molecule has 4 heteroatoms. The number of hydrogen-bond donors (Lipinski definition) is 1. The number of ether oxygens (including phenoxy) is 1. The van der Waals surface area contributed by atoms with Crippen LogP contribution in [0.3, 0.4) is 0 Å². The summed E-state index contributed by atoms with van der Waals surface area (Å²) in [5, 5.41) is 11.2. The van der Waals surface area contributed by atoms with Gasteiger partial charge in [-0.05, 0) is 27.2 Å². The van der Waals surface area contributed by atoms with Gasteiger partial charge < -0.3 is 9.84 Å². The highest BCUT2D eigenvalue weighted by Crippen LogP contribution is 2.26. The van der Waals surface area contributed by atoms with Crippen LogP contribution in [-0.2, 0) is 11.2 Å². The van der Waals surface area contributed by atoms with Crippen LogP contribution in [-0.4, -0.2) is 28.9 Å². The molecule has 1 fully saturated rings. The van der Waals surface area contributed by atoms with Gasteiger partial charge in [0.25, 0.3) is 0 Å². The summed E-state index contributed by atoms with van der Waals surface area (Å²) in [4.78, 5) is 5.71. The molecule has 1 saturated heterocycles. The topological polar surface area (TPSA) is 42.4 Å². The van der Waals surface area contributed by atoms with E-state index in [9.17, 15) is 5.11 Å². The molecule has 0 spiro atoms. The van der Waals surface area contributed by atoms with Crippen LogP contribution in [0.2, 0.25) is 0 Å². The van der Waals surface area contributed by atoms with Crippen LogP contribution in [0, 0.1) is 19.8 Å². The Bertz CT molecular complexity index is 344. The van der Waals surface area contributed by atoms with Gasteiger partial charge >= 0.3 is 0 Å². The Morgan fingerprint density at radius 1 is 1.56 bits per heavy atom. The summed E-state index contributed by atoms with van der Waals surface area (Å²) in [5.74, 6) is 0.277. The number of aryl methyl sites for hydroxylation is 2. The van der Waals surface area contributed by atoms with Gasteiger partial charge in [-0.15, -0.1) is 11.3 Å². The van der Waals surface area contributed by atoms with Gasteiger partial charge in [-0.1, -0.05) is 0 Å². The fourth-order valence-electron chi connectivity index (χ4n) is 2.09. The molecule has 0 aliphatic carbocycles. The maximum absolute atomic E-state index is 10.1. The second-order valence-electron chi connectivity index (χ2n) is 4.66. The van der Waals surface area contributed by atoms with Gasteiger partial charge in [0, 0.05) is 17.2 Å². The lowest BCUT2D eigenvalue weighted by Crippen LogP contribution is -2.23.